The maximum absolute atomic E-state index is 12.8. The summed E-state index contributed by atoms with van der Waals surface area (Å²) in [5.74, 6) is 0.834. The maximum Gasteiger partial charge on any atom is 0.262 e. The van der Waals surface area contributed by atoms with E-state index in [1.54, 1.807) is 23.9 Å². The summed E-state index contributed by atoms with van der Waals surface area (Å²) in [4.78, 5) is 0.127. The first-order chi connectivity index (χ1) is 12.4. The van der Waals surface area contributed by atoms with Crippen LogP contribution in [0, 0.1) is 6.92 Å². The smallest absolute Gasteiger partial charge is 0.262 e. The van der Waals surface area contributed by atoms with Crippen molar-refractivity contribution in [2.45, 2.75) is 37.3 Å². The Morgan fingerprint density at radius 3 is 2.69 bits per heavy atom. The quantitative estimate of drug-likeness (QED) is 0.790. The Morgan fingerprint density at radius 2 is 2.04 bits per heavy atom. The van der Waals surface area contributed by atoms with E-state index in [9.17, 15) is 8.42 Å². The Kier molecular flexibility index (Phi) is 5.38. The van der Waals surface area contributed by atoms with Gasteiger partial charge in [-0.2, -0.15) is 5.10 Å². The number of rotatable bonds is 7. The second-order valence-corrected chi connectivity index (χ2v) is 7.82. The molecule has 1 aliphatic heterocycles. The van der Waals surface area contributed by atoms with Crippen LogP contribution in [0.25, 0.3) is 0 Å². The minimum Gasteiger partial charge on any atom is -0.493 e. The van der Waals surface area contributed by atoms with E-state index in [1.807, 2.05) is 0 Å². The monoisotopic (exact) mass is 381 g/mol. The molecule has 1 fully saturated rings. The average Bonchev–Trinajstić information content (AvgIpc) is 3.26. The predicted octanol–water partition coefficient (Wildman–Crippen LogP) is 2.19. The van der Waals surface area contributed by atoms with Gasteiger partial charge in [0.05, 0.1) is 43.6 Å². The summed E-state index contributed by atoms with van der Waals surface area (Å²) in [6.45, 7) is 3.08. The summed E-state index contributed by atoms with van der Waals surface area (Å²) < 4.78 is 45.8. The highest BCUT2D eigenvalue weighted by atomic mass is 32.2. The lowest BCUT2D eigenvalue weighted by Gasteiger charge is -2.13. The molecule has 1 aromatic carbocycles. The number of nitrogens with one attached hydrogen (secondary N) is 1. The van der Waals surface area contributed by atoms with Crippen LogP contribution in [0.3, 0.4) is 0 Å². The standard InChI is InChI=1S/C17H23N3O5S/c1-12-7-15(23-2)16(24-3)8-17(12)26(21,22)19-13-9-18-20(10-13)11-14-5-4-6-25-14/h7-10,14,19H,4-6,11H2,1-3H3. The van der Waals surface area contributed by atoms with Crippen molar-refractivity contribution < 1.29 is 22.6 Å². The molecular weight excluding hydrogens is 358 g/mol. The molecule has 1 N–H and O–H groups in total. The molecule has 0 saturated carbocycles. The van der Waals surface area contributed by atoms with Crippen molar-refractivity contribution in [3.8, 4) is 11.5 Å². The van der Waals surface area contributed by atoms with Crippen LogP contribution in [-0.4, -0.2) is 45.1 Å². The largest absolute Gasteiger partial charge is 0.493 e. The van der Waals surface area contributed by atoms with Crippen molar-refractivity contribution in [3.63, 3.8) is 0 Å². The second kappa shape index (κ2) is 7.55. The van der Waals surface area contributed by atoms with E-state index in [0.29, 0.717) is 29.3 Å². The predicted molar refractivity (Wildman–Crippen MR) is 96.3 cm³/mol. The van der Waals surface area contributed by atoms with Crippen LogP contribution in [-0.2, 0) is 21.3 Å². The number of methoxy groups -OCH3 is 2. The van der Waals surface area contributed by atoms with Crippen molar-refractivity contribution in [1.29, 1.82) is 0 Å². The Labute approximate surface area is 153 Å². The van der Waals surface area contributed by atoms with Gasteiger partial charge in [0.1, 0.15) is 0 Å². The number of aryl methyl sites for hydroxylation is 1. The van der Waals surface area contributed by atoms with Gasteiger partial charge >= 0.3 is 0 Å². The lowest BCUT2D eigenvalue weighted by Crippen LogP contribution is -2.16. The van der Waals surface area contributed by atoms with Crippen LogP contribution in [0.4, 0.5) is 5.69 Å². The Hall–Kier alpha value is -2.26. The number of hydrogen-bond acceptors (Lipinski definition) is 6. The molecule has 0 aliphatic carbocycles. The molecule has 8 nitrogen and oxygen atoms in total. The molecule has 3 rings (SSSR count). The third-order valence-electron chi connectivity index (χ3n) is 4.27. The Balaban J connectivity index is 1.79. The fourth-order valence-electron chi connectivity index (χ4n) is 2.97. The topological polar surface area (TPSA) is 91.7 Å². The van der Waals surface area contributed by atoms with Crippen molar-refractivity contribution in [1.82, 2.24) is 9.78 Å². The highest BCUT2D eigenvalue weighted by molar-refractivity contribution is 7.92. The van der Waals surface area contributed by atoms with Crippen LogP contribution < -0.4 is 14.2 Å². The van der Waals surface area contributed by atoms with Crippen molar-refractivity contribution in [2.75, 3.05) is 25.5 Å². The van der Waals surface area contributed by atoms with Gasteiger partial charge in [0.15, 0.2) is 11.5 Å². The average molecular weight is 381 g/mol. The molecule has 0 radical (unpaired) electrons. The Morgan fingerprint density at radius 1 is 1.31 bits per heavy atom. The molecule has 0 spiro atoms. The van der Waals surface area contributed by atoms with E-state index < -0.39 is 10.0 Å². The molecule has 2 heterocycles. The van der Waals surface area contributed by atoms with E-state index >= 15 is 0 Å². The van der Waals surface area contributed by atoms with Crippen LogP contribution in [0.15, 0.2) is 29.4 Å². The van der Waals surface area contributed by atoms with Crippen molar-refractivity contribution in [3.05, 3.63) is 30.1 Å². The molecule has 1 aliphatic rings. The lowest BCUT2D eigenvalue weighted by atomic mass is 10.2. The molecule has 26 heavy (non-hydrogen) atoms. The molecule has 0 bridgehead atoms. The summed E-state index contributed by atoms with van der Waals surface area (Å²) in [7, 11) is -0.815. The zero-order valence-corrected chi connectivity index (χ0v) is 15.9. The molecule has 1 atom stereocenters. The normalized spacial score (nSPS) is 17.3. The first-order valence-electron chi connectivity index (χ1n) is 8.32. The highest BCUT2D eigenvalue weighted by Crippen LogP contribution is 2.33. The van der Waals surface area contributed by atoms with E-state index in [4.69, 9.17) is 14.2 Å². The van der Waals surface area contributed by atoms with Crippen LogP contribution in [0.2, 0.25) is 0 Å². The van der Waals surface area contributed by atoms with Gasteiger partial charge < -0.3 is 14.2 Å². The molecule has 1 saturated heterocycles. The van der Waals surface area contributed by atoms with E-state index in [1.165, 1.54) is 26.5 Å². The lowest BCUT2D eigenvalue weighted by molar-refractivity contribution is 0.0940. The second-order valence-electron chi connectivity index (χ2n) is 6.16. The first kappa shape index (κ1) is 18.5. The fourth-order valence-corrected chi connectivity index (χ4v) is 4.25. The van der Waals surface area contributed by atoms with Crippen LogP contribution in [0.5, 0.6) is 11.5 Å². The first-order valence-corrected chi connectivity index (χ1v) is 9.81. The highest BCUT2D eigenvalue weighted by Gasteiger charge is 2.22. The van der Waals surface area contributed by atoms with E-state index in [0.717, 1.165) is 19.4 Å². The van der Waals surface area contributed by atoms with Gasteiger partial charge in [0.25, 0.3) is 10.0 Å². The van der Waals surface area contributed by atoms with Gasteiger partial charge in [-0.15, -0.1) is 0 Å². The van der Waals surface area contributed by atoms with Crippen molar-refractivity contribution >= 4 is 15.7 Å². The van der Waals surface area contributed by atoms with Gasteiger partial charge in [-0.3, -0.25) is 9.40 Å². The minimum absolute atomic E-state index is 0.127. The fraction of sp³-hybridized carbons (Fsp3) is 0.471. The molecule has 0 amide bonds. The van der Waals surface area contributed by atoms with Crippen LogP contribution in [0.1, 0.15) is 18.4 Å². The van der Waals surface area contributed by atoms with Gasteiger partial charge in [0.2, 0.25) is 0 Å². The third kappa shape index (κ3) is 3.94. The number of nitrogens with zero attached hydrogens (tertiary/aromatic N) is 2. The molecule has 1 unspecified atom stereocenters. The number of ether oxygens (including phenoxy) is 3. The molecule has 9 heteroatoms. The third-order valence-corrected chi connectivity index (χ3v) is 5.79. The molecule has 1 aromatic heterocycles. The minimum atomic E-state index is -3.79. The summed E-state index contributed by atoms with van der Waals surface area (Å²) in [6.07, 6.45) is 5.32. The van der Waals surface area contributed by atoms with Gasteiger partial charge in [-0.1, -0.05) is 0 Å². The number of sulfonamides is 1. The van der Waals surface area contributed by atoms with Gasteiger partial charge in [-0.25, -0.2) is 8.42 Å². The van der Waals surface area contributed by atoms with E-state index in [-0.39, 0.29) is 11.0 Å². The number of anilines is 1. The zero-order valence-electron chi connectivity index (χ0n) is 15.1. The van der Waals surface area contributed by atoms with E-state index in [2.05, 4.69) is 9.82 Å². The van der Waals surface area contributed by atoms with Crippen molar-refractivity contribution in [2.24, 2.45) is 0 Å². The number of hydrogen-bond donors (Lipinski definition) is 1. The molecular formula is C17H23N3O5S. The maximum atomic E-state index is 12.8. The zero-order chi connectivity index (χ0) is 18.7. The number of benzene rings is 1. The molecule has 2 aromatic rings. The van der Waals surface area contributed by atoms with Gasteiger partial charge in [0, 0.05) is 18.9 Å². The summed E-state index contributed by atoms with van der Waals surface area (Å²) in [6, 6.07) is 3.08. The summed E-state index contributed by atoms with van der Waals surface area (Å²) in [5, 5.41) is 4.21. The SMILES string of the molecule is COc1cc(C)c(S(=O)(=O)Nc2cnn(CC3CCCO3)c2)cc1OC. The van der Waals surface area contributed by atoms with Crippen LogP contribution >= 0.6 is 0 Å². The summed E-state index contributed by atoms with van der Waals surface area (Å²) in [5.41, 5.74) is 0.957. The summed E-state index contributed by atoms with van der Waals surface area (Å²) >= 11 is 0. The number of aromatic nitrogens is 2. The molecule has 142 valence electrons. The van der Waals surface area contributed by atoms with Gasteiger partial charge in [-0.05, 0) is 31.4 Å². The Bertz CT molecular complexity index is 873.